The van der Waals surface area contributed by atoms with Crippen LogP contribution >= 0.6 is 0 Å². The zero-order valence-corrected chi connectivity index (χ0v) is 19.5. The molecular formula is C26H30FN3O3. The Bertz CT molecular complexity index is 1260. The molecule has 0 amide bonds. The van der Waals surface area contributed by atoms with E-state index in [1.54, 1.807) is 0 Å². The van der Waals surface area contributed by atoms with Gasteiger partial charge in [-0.05, 0) is 68.7 Å². The molecule has 2 aliphatic heterocycles. The van der Waals surface area contributed by atoms with E-state index < -0.39 is 11.9 Å². The molecule has 33 heavy (non-hydrogen) atoms. The zero-order chi connectivity index (χ0) is 23.3. The number of rotatable bonds is 5. The van der Waals surface area contributed by atoms with Gasteiger partial charge in [0, 0.05) is 29.8 Å². The first-order valence-corrected chi connectivity index (χ1v) is 12.0. The average Bonchev–Trinajstić information content (AvgIpc) is 3.17. The molecular weight excluding hydrogens is 421 g/mol. The number of carbonyl (C=O) groups is 1. The lowest BCUT2D eigenvalue weighted by molar-refractivity contribution is -0.139. The van der Waals surface area contributed by atoms with E-state index in [2.05, 4.69) is 4.57 Å². The third-order valence-corrected chi connectivity index (χ3v) is 7.16. The fraction of sp³-hybridized carbons (Fsp3) is 0.500. The minimum atomic E-state index is -0.875. The predicted molar refractivity (Wildman–Crippen MR) is 124 cm³/mol. The van der Waals surface area contributed by atoms with Crippen LogP contribution in [-0.2, 0) is 24.2 Å². The van der Waals surface area contributed by atoms with E-state index >= 15 is 4.39 Å². The number of aliphatic carboxylic acids is 1. The summed E-state index contributed by atoms with van der Waals surface area (Å²) in [5.74, 6) is -0.667. The summed E-state index contributed by atoms with van der Waals surface area (Å²) in [7, 11) is 0. The van der Waals surface area contributed by atoms with Crippen molar-refractivity contribution in [3.63, 3.8) is 0 Å². The Morgan fingerprint density at radius 2 is 2.06 bits per heavy atom. The Kier molecular flexibility index (Phi) is 5.59. The van der Waals surface area contributed by atoms with Crippen molar-refractivity contribution in [3.8, 4) is 16.9 Å². The van der Waals surface area contributed by atoms with E-state index in [0.29, 0.717) is 35.7 Å². The molecule has 3 aromatic rings. The molecule has 1 N–H and O–H groups in total. The van der Waals surface area contributed by atoms with E-state index in [0.717, 1.165) is 78.7 Å². The predicted octanol–water partition coefficient (Wildman–Crippen LogP) is 5.48. The van der Waals surface area contributed by atoms with Crippen molar-refractivity contribution in [3.05, 3.63) is 40.1 Å². The van der Waals surface area contributed by atoms with E-state index in [9.17, 15) is 9.90 Å². The first-order valence-electron chi connectivity index (χ1n) is 12.0. The van der Waals surface area contributed by atoms with Crippen LogP contribution in [0.25, 0.3) is 22.3 Å². The number of aromatic nitrogens is 3. The number of fused-ring (bicyclic) bond motifs is 4. The maximum atomic E-state index is 15.3. The van der Waals surface area contributed by atoms with E-state index in [1.807, 2.05) is 20.8 Å². The minimum absolute atomic E-state index is 0.338. The number of carboxylic acids is 1. The number of hydrogen-bond donors (Lipinski definition) is 1. The Balaban J connectivity index is 1.91. The first kappa shape index (κ1) is 21.9. The maximum Gasteiger partial charge on any atom is 0.311 e. The number of ether oxygens (including phenoxy) is 1. The number of nitrogens with zero attached hydrogens (tertiary/aromatic N) is 3. The topological polar surface area (TPSA) is 77.2 Å². The number of aryl methyl sites for hydroxylation is 3. The molecule has 5 rings (SSSR count). The summed E-state index contributed by atoms with van der Waals surface area (Å²) < 4.78 is 23.2. The second kappa shape index (κ2) is 8.43. The van der Waals surface area contributed by atoms with Gasteiger partial charge in [-0.2, -0.15) is 0 Å². The average molecular weight is 452 g/mol. The van der Waals surface area contributed by atoms with Gasteiger partial charge in [0.15, 0.2) is 17.2 Å². The van der Waals surface area contributed by atoms with Crippen LogP contribution in [-0.4, -0.2) is 32.2 Å². The van der Waals surface area contributed by atoms with Crippen molar-refractivity contribution in [2.45, 2.75) is 78.2 Å². The lowest BCUT2D eigenvalue weighted by Gasteiger charge is -2.26. The van der Waals surface area contributed by atoms with Crippen LogP contribution < -0.4 is 4.74 Å². The molecule has 174 valence electrons. The molecule has 2 aromatic heterocycles. The molecule has 1 unspecified atom stereocenters. The van der Waals surface area contributed by atoms with Gasteiger partial charge in [-0.1, -0.05) is 13.3 Å². The summed E-state index contributed by atoms with van der Waals surface area (Å²) in [6.07, 6.45) is 5.77. The van der Waals surface area contributed by atoms with Crippen molar-refractivity contribution >= 4 is 17.1 Å². The summed E-state index contributed by atoms with van der Waals surface area (Å²) >= 11 is 0. The fourth-order valence-corrected chi connectivity index (χ4v) is 5.62. The Hall–Kier alpha value is -2.96. The molecule has 0 aliphatic carbocycles. The number of imidazole rings is 1. The van der Waals surface area contributed by atoms with Crippen molar-refractivity contribution in [2.24, 2.45) is 0 Å². The van der Waals surface area contributed by atoms with Gasteiger partial charge in [-0.25, -0.2) is 14.4 Å². The van der Waals surface area contributed by atoms with Crippen LogP contribution in [0, 0.1) is 19.7 Å². The molecule has 6 nitrogen and oxygen atoms in total. The van der Waals surface area contributed by atoms with Gasteiger partial charge < -0.3 is 14.4 Å². The fourth-order valence-electron chi connectivity index (χ4n) is 5.62. The van der Waals surface area contributed by atoms with E-state index in [1.165, 1.54) is 6.07 Å². The molecule has 7 heteroatoms. The third-order valence-electron chi connectivity index (χ3n) is 7.16. The van der Waals surface area contributed by atoms with Crippen LogP contribution in [0.1, 0.15) is 73.2 Å². The second-order valence-corrected chi connectivity index (χ2v) is 9.27. The number of benzene rings is 1. The van der Waals surface area contributed by atoms with Crippen molar-refractivity contribution in [2.75, 3.05) is 6.61 Å². The molecule has 0 bridgehead atoms. The molecule has 2 aliphatic rings. The highest BCUT2D eigenvalue weighted by molar-refractivity contribution is 5.97. The standard InChI is InChI=1S/C26H30FN3O3/c1-4-8-17(26(31)32)21-15(3)28-25-23(30-11-6-5-10-20(30)29-25)22(21)18-13-19(27)24-16(14(18)2)9-7-12-33-24/h13,17H,4-12H2,1-3H3,(H,31,32). The molecule has 0 radical (unpaired) electrons. The first-order chi connectivity index (χ1) is 15.9. The van der Waals surface area contributed by atoms with E-state index in [-0.39, 0.29) is 5.82 Å². The number of carboxylic acid groups (broad SMARTS) is 1. The number of hydrogen-bond acceptors (Lipinski definition) is 4. The molecule has 0 saturated carbocycles. The quantitative estimate of drug-likeness (QED) is 0.556. The zero-order valence-electron chi connectivity index (χ0n) is 19.5. The third kappa shape index (κ3) is 3.49. The molecule has 4 heterocycles. The van der Waals surface area contributed by atoms with Crippen LogP contribution in [0.2, 0.25) is 0 Å². The Labute approximate surface area is 192 Å². The highest BCUT2D eigenvalue weighted by Gasteiger charge is 2.32. The largest absolute Gasteiger partial charge is 0.490 e. The van der Waals surface area contributed by atoms with Crippen molar-refractivity contribution in [1.29, 1.82) is 0 Å². The summed E-state index contributed by atoms with van der Waals surface area (Å²) in [4.78, 5) is 22.0. The summed E-state index contributed by atoms with van der Waals surface area (Å²) in [6.45, 7) is 7.16. The van der Waals surface area contributed by atoms with Crippen molar-refractivity contribution < 1.29 is 19.0 Å². The summed E-state index contributed by atoms with van der Waals surface area (Å²) in [5, 5.41) is 10.2. The van der Waals surface area contributed by atoms with Gasteiger partial charge in [-0.15, -0.1) is 0 Å². The van der Waals surface area contributed by atoms with Crippen LogP contribution in [0.5, 0.6) is 5.75 Å². The SMILES string of the molecule is CCCC(C(=O)O)c1c(C)nc2nc3n(c2c1-c1cc(F)c2c(c1C)CCCO2)CCCC3. The maximum absolute atomic E-state index is 15.3. The van der Waals surface area contributed by atoms with Gasteiger partial charge in [0.05, 0.1) is 18.0 Å². The smallest absolute Gasteiger partial charge is 0.311 e. The van der Waals surface area contributed by atoms with Gasteiger partial charge in [0.25, 0.3) is 0 Å². The molecule has 0 spiro atoms. The minimum Gasteiger partial charge on any atom is -0.490 e. The van der Waals surface area contributed by atoms with Crippen LogP contribution in [0.4, 0.5) is 4.39 Å². The number of halogens is 1. The molecule has 1 atom stereocenters. The molecule has 0 saturated heterocycles. The van der Waals surface area contributed by atoms with E-state index in [4.69, 9.17) is 14.7 Å². The lowest BCUT2D eigenvalue weighted by Crippen LogP contribution is -2.17. The van der Waals surface area contributed by atoms with Gasteiger partial charge in [0.1, 0.15) is 5.82 Å². The lowest BCUT2D eigenvalue weighted by atomic mass is 9.83. The highest BCUT2D eigenvalue weighted by atomic mass is 19.1. The Morgan fingerprint density at radius 3 is 2.82 bits per heavy atom. The van der Waals surface area contributed by atoms with Gasteiger partial charge in [0.2, 0.25) is 0 Å². The summed E-state index contributed by atoms with van der Waals surface area (Å²) in [5.41, 5.74) is 6.15. The summed E-state index contributed by atoms with van der Waals surface area (Å²) in [6, 6.07) is 1.53. The van der Waals surface area contributed by atoms with Crippen LogP contribution in [0.15, 0.2) is 6.07 Å². The Morgan fingerprint density at radius 1 is 1.24 bits per heavy atom. The van der Waals surface area contributed by atoms with Gasteiger partial charge in [-0.3, -0.25) is 4.79 Å². The van der Waals surface area contributed by atoms with Crippen molar-refractivity contribution in [1.82, 2.24) is 14.5 Å². The molecule has 1 aromatic carbocycles. The normalized spacial score (nSPS) is 16.2. The highest BCUT2D eigenvalue weighted by Crippen LogP contribution is 2.44. The molecule has 0 fully saturated rings. The second-order valence-electron chi connectivity index (χ2n) is 9.27. The monoisotopic (exact) mass is 451 g/mol. The van der Waals surface area contributed by atoms with Gasteiger partial charge >= 0.3 is 5.97 Å². The number of pyridine rings is 1. The van der Waals surface area contributed by atoms with Crippen LogP contribution in [0.3, 0.4) is 0 Å².